The van der Waals surface area contributed by atoms with Gasteiger partial charge >= 0.3 is 5.69 Å². The molecule has 0 bridgehead atoms. The zero-order valence-electron chi connectivity index (χ0n) is 10.1. The van der Waals surface area contributed by atoms with Crippen molar-refractivity contribution >= 4 is 40.4 Å². The van der Waals surface area contributed by atoms with Crippen LogP contribution in [0.5, 0.6) is 5.88 Å². The Morgan fingerprint density at radius 2 is 2.15 bits per heavy atom. The first-order valence-electron chi connectivity index (χ1n) is 5.28. The highest BCUT2D eigenvalue weighted by atomic mass is 35.5. The van der Waals surface area contributed by atoms with Crippen molar-refractivity contribution in [2.45, 2.75) is 0 Å². The molecule has 0 aromatic carbocycles. The highest BCUT2D eigenvalue weighted by molar-refractivity contribution is 6.30. The monoisotopic (exact) mass is 314 g/mol. The summed E-state index contributed by atoms with van der Waals surface area (Å²) in [6.45, 7) is 0. The minimum atomic E-state index is -0.573. The number of hydrogen-bond acceptors (Lipinski definition) is 6. The molecule has 1 N–H and O–H groups in total. The molecule has 20 heavy (non-hydrogen) atoms. The van der Waals surface area contributed by atoms with Gasteiger partial charge in [0.05, 0.1) is 17.1 Å². The molecule has 2 heterocycles. The van der Waals surface area contributed by atoms with E-state index < -0.39 is 4.92 Å². The summed E-state index contributed by atoms with van der Waals surface area (Å²) in [5.74, 6) is 0.204. The number of pyridine rings is 2. The van der Waals surface area contributed by atoms with Crippen LogP contribution in [0.4, 0.5) is 17.2 Å². The predicted octanol–water partition coefficient (Wildman–Crippen LogP) is 3.44. The van der Waals surface area contributed by atoms with Crippen LogP contribution in [0.3, 0.4) is 0 Å². The van der Waals surface area contributed by atoms with E-state index in [1.165, 1.54) is 31.5 Å². The van der Waals surface area contributed by atoms with Crippen LogP contribution < -0.4 is 10.1 Å². The van der Waals surface area contributed by atoms with E-state index in [1.54, 1.807) is 0 Å². The maximum atomic E-state index is 11.0. The maximum absolute atomic E-state index is 11.0. The van der Waals surface area contributed by atoms with E-state index in [4.69, 9.17) is 27.9 Å². The minimum Gasteiger partial charge on any atom is -0.480 e. The second-order valence-corrected chi connectivity index (χ2v) is 4.42. The fourth-order valence-electron chi connectivity index (χ4n) is 1.47. The molecule has 0 atom stereocenters. The van der Waals surface area contributed by atoms with E-state index in [0.29, 0.717) is 10.7 Å². The lowest BCUT2D eigenvalue weighted by Gasteiger charge is -2.10. The van der Waals surface area contributed by atoms with Crippen LogP contribution >= 0.6 is 23.2 Å². The van der Waals surface area contributed by atoms with Crippen LogP contribution in [0.2, 0.25) is 10.2 Å². The number of aromatic nitrogens is 2. The third kappa shape index (κ3) is 3.06. The molecular formula is C11H8Cl2N4O3. The van der Waals surface area contributed by atoms with Crippen molar-refractivity contribution in [2.75, 3.05) is 12.4 Å². The third-order valence-electron chi connectivity index (χ3n) is 2.30. The maximum Gasteiger partial charge on any atom is 0.311 e. The summed E-state index contributed by atoms with van der Waals surface area (Å²) in [5, 5.41) is 14.2. The number of halogens is 2. The molecule has 0 saturated heterocycles. The van der Waals surface area contributed by atoms with Crippen molar-refractivity contribution in [1.82, 2.24) is 9.97 Å². The quantitative estimate of drug-likeness (QED) is 0.528. The highest BCUT2D eigenvalue weighted by Crippen LogP contribution is 2.32. The van der Waals surface area contributed by atoms with Crippen molar-refractivity contribution in [1.29, 1.82) is 0 Å². The number of anilines is 2. The molecule has 0 radical (unpaired) electrons. The molecule has 2 aromatic heterocycles. The number of methoxy groups -OCH3 is 1. The number of hydrogen-bond donors (Lipinski definition) is 1. The van der Waals surface area contributed by atoms with E-state index >= 15 is 0 Å². The van der Waals surface area contributed by atoms with Crippen molar-refractivity contribution in [3.8, 4) is 5.88 Å². The number of ether oxygens (including phenoxy) is 1. The SMILES string of the molecule is COc1ncc(Cl)cc1Nc1nc(Cl)ccc1[N+](=O)[O-]. The summed E-state index contributed by atoms with van der Waals surface area (Å²) in [6.07, 6.45) is 1.39. The van der Waals surface area contributed by atoms with Gasteiger partial charge in [-0.3, -0.25) is 10.1 Å². The third-order valence-corrected chi connectivity index (χ3v) is 2.72. The molecule has 0 saturated carbocycles. The van der Waals surface area contributed by atoms with E-state index in [2.05, 4.69) is 15.3 Å². The van der Waals surface area contributed by atoms with Gasteiger partial charge in [0.25, 0.3) is 0 Å². The second kappa shape index (κ2) is 5.89. The second-order valence-electron chi connectivity index (χ2n) is 3.59. The first kappa shape index (κ1) is 14.3. The van der Waals surface area contributed by atoms with Gasteiger partial charge in [0.2, 0.25) is 11.7 Å². The van der Waals surface area contributed by atoms with E-state index in [-0.39, 0.29) is 22.5 Å². The highest BCUT2D eigenvalue weighted by Gasteiger charge is 2.18. The average molecular weight is 315 g/mol. The molecule has 0 spiro atoms. The van der Waals surface area contributed by atoms with E-state index in [0.717, 1.165) is 0 Å². The van der Waals surface area contributed by atoms with Gasteiger partial charge in [-0.25, -0.2) is 9.97 Å². The fraction of sp³-hybridized carbons (Fsp3) is 0.0909. The van der Waals surface area contributed by atoms with Crippen LogP contribution in [0, 0.1) is 10.1 Å². The summed E-state index contributed by atoms with van der Waals surface area (Å²) >= 11 is 11.6. The predicted molar refractivity (Wildman–Crippen MR) is 75.0 cm³/mol. The molecule has 0 unspecified atom stereocenters. The largest absolute Gasteiger partial charge is 0.480 e. The fourth-order valence-corrected chi connectivity index (χ4v) is 1.78. The van der Waals surface area contributed by atoms with Gasteiger partial charge in [-0.15, -0.1) is 0 Å². The van der Waals surface area contributed by atoms with Gasteiger partial charge in [0, 0.05) is 12.3 Å². The lowest BCUT2D eigenvalue weighted by atomic mass is 10.3. The molecule has 2 aromatic rings. The zero-order valence-corrected chi connectivity index (χ0v) is 11.6. The van der Waals surface area contributed by atoms with Crippen molar-refractivity contribution in [2.24, 2.45) is 0 Å². The summed E-state index contributed by atoms with van der Waals surface area (Å²) in [4.78, 5) is 18.2. The van der Waals surface area contributed by atoms with Crippen LogP contribution in [0.15, 0.2) is 24.4 Å². The number of rotatable bonds is 4. The Labute approximate surface area is 123 Å². The van der Waals surface area contributed by atoms with Gasteiger partial charge in [-0.1, -0.05) is 23.2 Å². The summed E-state index contributed by atoms with van der Waals surface area (Å²) in [5.41, 5.74) is 0.120. The van der Waals surface area contributed by atoms with E-state index in [1.807, 2.05) is 0 Å². The minimum absolute atomic E-state index is 0.0233. The van der Waals surface area contributed by atoms with Crippen LogP contribution in [0.25, 0.3) is 0 Å². The number of nitrogens with one attached hydrogen (secondary N) is 1. The van der Waals surface area contributed by atoms with Crippen molar-refractivity contribution in [3.05, 3.63) is 44.7 Å². The van der Waals surface area contributed by atoms with Gasteiger partial charge in [0.15, 0.2) is 0 Å². The van der Waals surface area contributed by atoms with Crippen LogP contribution in [0.1, 0.15) is 0 Å². The molecule has 2 rings (SSSR count). The van der Waals surface area contributed by atoms with Gasteiger partial charge in [0.1, 0.15) is 10.8 Å². The molecule has 0 aliphatic heterocycles. The van der Waals surface area contributed by atoms with E-state index in [9.17, 15) is 10.1 Å². The smallest absolute Gasteiger partial charge is 0.311 e. The Balaban J connectivity index is 2.46. The Morgan fingerprint density at radius 1 is 1.40 bits per heavy atom. The van der Waals surface area contributed by atoms with Gasteiger partial charge in [-0.05, 0) is 12.1 Å². The summed E-state index contributed by atoms with van der Waals surface area (Å²) < 4.78 is 5.04. The Morgan fingerprint density at radius 3 is 2.80 bits per heavy atom. The van der Waals surface area contributed by atoms with Crippen LogP contribution in [-0.2, 0) is 0 Å². The Kier molecular flexibility index (Phi) is 4.21. The molecule has 104 valence electrons. The van der Waals surface area contributed by atoms with Crippen molar-refractivity contribution < 1.29 is 9.66 Å². The summed E-state index contributed by atoms with van der Waals surface area (Å²) in [7, 11) is 1.42. The molecule has 0 amide bonds. The van der Waals surface area contributed by atoms with Crippen molar-refractivity contribution in [3.63, 3.8) is 0 Å². The van der Waals surface area contributed by atoms with Gasteiger partial charge in [-0.2, -0.15) is 0 Å². The lowest BCUT2D eigenvalue weighted by molar-refractivity contribution is -0.384. The molecule has 0 aliphatic rings. The Bertz CT molecular complexity index is 666. The standard InChI is InChI=1S/C11H8Cl2N4O3/c1-20-11-7(4-6(12)5-14-11)15-10-8(17(18)19)2-3-9(13)16-10/h2-5H,1H3,(H,15,16). The first-order chi connectivity index (χ1) is 9.51. The van der Waals surface area contributed by atoms with Gasteiger partial charge < -0.3 is 10.1 Å². The first-order valence-corrected chi connectivity index (χ1v) is 6.04. The average Bonchev–Trinajstić information content (AvgIpc) is 2.38. The molecular weight excluding hydrogens is 307 g/mol. The molecule has 0 fully saturated rings. The number of nitro groups is 1. The normalized spacial score (nSPS) is 10.2. The zero-order chi connectivity index (χ0) is 14.7. The summed E-state index contributed by atoms with van der Waals surface area (Å²) in [6, 6.07) is 4.10. The van der Waals surface area contributed by atoms with Crippen LogP contribution in [-0.4, -0.2) is 22.0 Å². The lowest BCUT2D eigenvalue weighted by Crippen LogP contribution is -2.02. The molecule has 7 nitrogen and oxygen atoms in total. The number of nitrogens with zero attached hydrogens (tertiary/aromatic N) is 3. The topological polar surface area (TPSA) is 90.2 Å². The Hall–Kier alpha value is -2.12. The molecule has 9 heteroatoms. The molecule has 0 aliphatic carbocycles.